The molecule has 0 bridgehead atoms. The first kappa shape index (κ1) is 22.9. The second kappa shape index (κ2) is 9.38. The van der Waals surface area contributed by atoms with E-state index in [2.05, 4.69) is 15.3 Å². The summed E-state index contributed by atoms with van der Waals surface area (Å²) in [6, 6.07) is 16.7. The lowest BCUT2D eigenvalue weighted by Crippen LogP contribution is -2.51. The van der Waals surface area contributed by atoms with Crippen LogP contribution in [0.25, 0.3) is 22.2 Å². The van der Waals surface area contributed by atoms with E-state index >= 15 is 0 Å². The molecule has 35 heavy (non-hydrogen) atoms. The van der Waals surface area contributed by atoms with E-state index in [-0.39, 0.29) is 12.5 Å². The summed E-state index contributed by atoms with van der Waals surface area (Å²) in [7, 11) is 0. The number of para-hydroxylation sites is 1. The van der Waals surface area contributed by atoms with Crippen LogP contribution in [0, 0.1) is 0 Å². The van der Waals surface area contributed by atoms with Crippen molar-refractivity contribution < 1.29 is 14.6 Å². The summed E-state index contributed by atoms with van der Waals surface area (Å²) in [4.78, 5) is 21.9. The number of carbonyl (C=O) groups excluding carboxylic acids is 1. The van der Waals surface area contributed by atoms with Crippen LogP contribution in [-0.2, 0) is 4.79 Å². The van der Waals surface area contributed by atoms with Crippen molar-refractivity contribution in [3.63, 3.8) is 0 Å². The molecule has 1 unspecified atom stereocenters. The van der Waals surface area contributed by atoms with Gasteiger partial charge in [-0.05, 0) is 49.6 Å². The smallest absolute Gasteiger partial charge is 0.243 e. The molecule has 1 amide bonds. The van der Waals surface area contributed by atoms with Gasteiger partial charge in [-0.2, -0.15) is 0 Å². The summed E-state index contributed by atoms with van der Waals surface area (Å²) in [6.07, 6.45) is 6.87. The largest absolute Gasteiger partial charge is 0.457 e. The van der Waals surface area contributed by atoms with Crippen LogP contribution in [0.15, 0.2) is 67.1 Å². The van der Waals surface area contributed by atoms with Crippen LogP contribution in [0.4, 0.5) is 5.82 Å². The van der Waals surface area contributed by atoms with Gasteiger partial charge in [0.2, 0.25) is 5.91 Å². The molecule has 180 valence electrons. The normalized spacial score (nSPS) is 15.7. The lowest BCUT2D eigenvalue weighted by molar-refractivity contribution is -0.126. The van der Waals surface area contributed by atoms with E-state index in [1.54, 1.807) is 0 Å². The second-order valence-electron chi connectivity index (χ2n) is 9.16. The van der Waals surface area contributed by atoms with Crippen LogP contribution in [0.5, 0.6) is 11.5 Å². The maximum absolute atomic E-state index is 13.2. The lowest BCUT2D eigenvalue weighted by Gasteiger charge is -2.29. The van der Waals surface area contributed by atoms with Gasteiger partial charge in [-0.3, -0.25) is 4.79 Å². The Hall–Kier alpha value is -3.91. The van der Waals surface area contributed by atoms with Crippen LogP contribution >= 0.6 is 0 Å². The number of fused-ring (bicyclic) bond motifs is 1. The van der Waals surface area contributed by atoms with Crippen LogP contribution < -0.4 is 15.8 Å². The second-order valence-corrected chi connectivity index (χ2v) is 9.16. The molecule has 5 rings (SSSR count). The summed E-state index contributed by atoms with van der Waals surface area (Å²) < 4.78 is 7.74. The van der Waals surface area contributed by atoms with Gasteiger partial charge >= 0.3 is 0 Å². The quantitative estimate of drug-likeness (QED) is 0.367. The molecule has 8 heteroatoms. The Bertz CT molecular complexity index is 1330. The maximum atomic E-state index is 13.2. The number of amides is 1. The molecule has 2 aromatic carbocycles. The minimum atomic E-state index is -0.551. The predicted molar refractivity (Wildman–Crippen MR) is 135 cm³/mol. The molecular formula is C27H29N5O3. The molecule has 2 heterocycles. The van der Waals surface area contributed by atoms with Crippen LogP contribution in [0.1, 0.15) is 38.6 Å². The zero-order valence-electron chi connectivity index (χ0n) is 19.6. The number of hydrogen-bond acceptors (Lipinski definition) is 6. The number of aromatic nitrogens is 3. The van der Waals surface area contributed by atoms with Gasteiger partial charge in [-0.1, -0.05) is 43.2 Å². The fourth-order valence-electron chi connectivity index (χ4n) is 4.82. The van der Waals surface area contributed by atoms with Crippen molar-refractivity contribution in [2.45, 2.75) is 44.2 Å². The Labute approximate surface area is 203 Å². The van der Waals surface area contributed by atoms with Crippen molar-refractivity contribution >= 4 is 22.8 Å². The highest BCUT2D eigenvalue weighted by atomic mass is 16.5. The van der Waals surface area contributed by atoms with E-state index in [9.17, 15) is 9.90 Å². The van der Waals surface area contributed by atoms with Crippen molar-refractivity contribution in [3.8, 4) is 22.6 Å². The van der Waals surface area contributed by atoms with Crippen molar-refractivity contribution in [2.24, 2.45) is 0 Å². The Morgan fingerprint density at radius 2 is 1.80 bits per heavy atom. The van der Waals surface area contributed by atoms with Gasteiger partial charge in [0.05, 0.1) is 17.5 Å². The third-order valence-electron chi connectivity index (χ3n) is 6.83. The van der Waals surface area contributed by atoms with E-state index in [4.69, 9.17) is 10.5 Å². The number of aliphatic hydroxyl groups excluding tert-OH is 1. The standard InChI is InChI=1S/C27H29N5O3/c1-18(26(34)31-27(16-33)13-5-6-14-27)32-15-22(23-24(28)29-17-30-25(23)32)19-9-11-21(12-10-19)35-20-7-3-2-4-8-20/h2-4,7-12,15,17-18,33H,5-6,13-14,16H2,1H3,(H,31,34)(H2,28,29,30). The highest BCUT2D eigenvalue weighted by Gasteiger charge is 2.36. The molecule has 0 saturated heterocycles. The zero-order valence-corrected chi connectivity index (χ0v) is 19.6. The minimum Gasteiger partial charge on any atom is -0.457 e. The molecule has 8 nitrogen and oxygen atoms in total. The van der Waals surface area contributed by atoms with Crippen LogP contribution in [-0.4, -0.2) is 37.7 Å². The summed E-state index contributed by atoms with van der Waals surface area (Å²) in [5.41, 5.74) is 8.06. The average molecular weight is 472 g/mol. The minimum absolute atomic E-state index is 0.0599. The Morgan fingerprint density at radius 3 is 2.49 bits per heavy atom. The number of benzene rings is 2. The Morgan fingerprint density at radius 1 is 1.11 bits per heavy atom. The van der Waals surface area contributed by atoms with Crippen LogP contribution in [0.3, 0.4) is 0 Å². The molecule has 1 aliphatic carbocycles. The molecule has 2 aromatic heterocycles. The van der Waals surface area contributed by atoms with E-state index < -0.39 is 11.6 Å². The molecule has 0 spiro atoms. The number of nitrogens with two attached hydrogens (primary N) is 1. The number of nitrogens with zero attached hydrogens (tertiary/aromatic N) is 3. The molecule has 1 atom stereocenters. The Kier molecular flexibility index (Phi) is 6.13. The fourth-order valence-corrected chi connectivity index (χ4v) is 4.82. The number of aliphatic hydroxyl groups is 1. The van der Waals surface area contributed by atoms with Crippen molar-refractivity contribution in [1.82, 2.24) is 19.9 Å². The molecule has 1 aliphatic rings. The van der Waals surface area contributed by atoms with Crippen molar-refractivity contribution in [3.05, 3.63) is 67.1 Å². The summed E-state index contributed by atoms with van der Waals surface area (Å²) >= 11 is 0. The number of hydrogen-bond donors (Lipinski definition) is 3. The van der Waals surface area contributed by atoms with Gasteiger partial charge in [0.1, 0.15) is 35.3 Å². The monoisotopic (exact) mass is 471 g/mol. The molecule has 1 fully saturated rings. The number of anilines is 1. The van der Waals surface area contributed by atoms with E-state index in [0.29, 0.717) is 22.6 Å². The topological polar surface area (TPSA) is 115 Å². The molecule has 1 saturated carbocycles. The van der Waals surface area contributed by atoms with Crippen molar-refractivity contribution in [1.29, 1.82) is 0 Å². The molecule has 0 aliphatic heterocycles. The maximum Gasteiger partial charge on any atom is 0.243 e. The summed E-state index contributed by atoms with van der Waals surface area (Å²) in [5, 5.41) is 13.7. The summed E-state index contributed by atoms with van der Waals surface area (Å²) in [5.74, 6) is 1.67. The number of carbonyl (C=O) groups is 1. The van der Waals surface area contributed by atoms with Gasteiger partial charge in [-0.15, -0.1) is 0 Å². The highest BCUT2D eigenvalue weighted by Crippen LogP contribution is 2.36. The van der Waals surface area contributed by atoms with E-state index in [1.165, 1.54) is 6.33 Å². The van der Waals surface area contributed by atoms with Gasteiger partial charge in [0.25, 0.3) is 0 Å². The third kappa shape index (κ3) is 4.44. The summed E-state index contributed by atoms with van der Waals surface area (Å²) in [6.45, 7) is 1.77. The SMILES string of the molecule is CC(C(=O)NC1(CO)CCCC1)n1cc(-c2ccc(Oc3ccccc3)cc2)c2c(N)ncnc21. The number of nitrogens with one attached hydrogen (secondary N) is 1. The van der Waals surface area contributed by atoms with Gasteiger partial charge < -0.3 is 25.5 Å². The van der Waals surface area contributed by atoms with Crippen LogP contribution in [0.2, 0.25) is 0 Å². The predicted octanol–water partition coefficient (Wildman–Crippen LogP) is 4.46. The lowest BCUT2D eigenvalue weighted by atomic mass is 9.98. The number of ether oxygens (including phenoxy) is 1. The molecule has 4 aromatic rings. The number of rotatable bonds is 7. The van der Waals surface area contributed by atoms with Crippen molar-refractivity contribution in [2.75, 3.05) is 12.3 Å². The first-order chi connectivity index (χ1) is 17.0. The van der Waals surface area contributed by atoms with Gasteiger partial charge in [-0.25, -0.2) is 9.97 Å². The first-order valence-electron chi connectivity index (χ1n) is 11.9. The first-order valence-corrected chi connectivity index (χ1v) is 11.9. The Balaban J connectivity index is 1.46. The molecular weight excluding hydrogens is 442 g/mol. The fraction of sp³-hybridized carbons (Fsp3) is 0.296. The van der Waals surface area contributed by atoms with Gasteiger partial charge in [0, 0.05) is 11.8 Å². The third-order valence-corrected chi connectivity index (χ3v) is 6.83. The zero-order chi connectivity index (χ0) is 24.4. The highest BCUT2D eigenvalue weighted by molar-refractivity contribution is 6.01. The molecule has 4 N–H and O–H groups in total. The van der Waals surface area contributed by atoms with E-state index in [0.717, 1.165) is 42.6 Å². The van der Waals surface area contributed by atoms with Gasteiger partial charge in [0.15, 0.2) is 0 Å². The number of nitrogen functional groups attached to an aromatic ring is 1. The molecule has 0 radical (unpaired) electrons. The average Bonchev–Trinajstić information content (AvgIpc) is 3.51. The van der Waals surface area contributed by atoms with E-state index in [1.807, 2.05) is 72.3 Å².